The number of carbonyl (C=O) groups is 1. The number of aromatic nitrogens is 2. The quantitative estimate of drug-likeness (QED) is 0.567. The monoisotopic (exact) mass is 489 g/mol. The maximum atomic E-state index is 13.1. The van der Waals surface area contributed by atoms with E-state index in [0.717, 1.165) is 58.7 Å². The predicted molar refractivity (Wildman–Crippen MR) is 137 cm³/mol. The van der Waals surface area contributed by atoms with Crippen LogP contribution >= 0.6 is 0 Å². The number of ether oxygens (including phenoxy) is 3. The van der Waals surface area contributed by atoms with E-state index in [2.05, 4.69) is 10.2 Å². The predicted octanol–water partition coefficient (Wildman–Crippen LogP) is 3.51. The molecular formula is C27H31N5O4. The number of benzene rings is 2. The zero-order valence-electron chi connectivity index (χ0n) is 20.7. The zero-order chi connectivity index (χ0) is 24.9. The van der Waals surface area contributed by atoms with Gasteiger partial charge in [-0.2, -0.15) is 0 Å². The van der Waals surface area contributed by atoms with Crippen LogP contribution in [0.4, 0.5) is 16.3 Å². The second-order valence-electron chi connectivity index (χ2n) is 8.81. The molecule has 0 unspecified atom stereocenters. The largest absolute Gasteiger partial charge is 0.497 e. The summed E-state index contributed by atoms with van der Waals surface area (Å²) in [5.74, 6) is 3.23. The molecule has 0 aliphatic carbocycles. The van der Waals surface area contributed by atoms with E-state index in [9.17, 15) is 4.79 Å². The molecule has 2 aromatic carbocycles. The first-order valence-electron chi connectivity index (χ1n) is 12.2. The highest BCUT2D eigenvalue weighted by Crippen LogP contribution is 2.29. The number of anilines is 2. The summed E-state index contributed by atoms with van der Waals surface area (Å²) in [6.45, 7) is 3.87. The number of methoxy groups -OCH3 is 2. The Balaban J connectivity index is 1.40. The van der Waals surface area contributed by atoms with Crippen molar-refractivity contribution >= 4 is 17.5 Å². The third-order valence-corrected chi connectivity index (χ3v) is 6.56. The van der Waals surface area contributed by atoms with Crippen LogP contribution in [0, 0.1) is 0 Å². The van der Waals surface area contributed by atoms with Crippen LogP contribution in [0.5, 0.6) is 11.5 Å². The molecule has 1 aromatic heterocycles. The maximum Gasteiger partial charge on any atom is 0.322 e. The van der Waals surface area contributed by atoms with Gasteiger partial charge in [-0.3, -0.25) is 0 Å². The fourth-order valence-corrected chi connectivity index (χ4v) is 4.63. The minimum atomic E-state index is -0.142. The van der Waals surface area contributed by atoms with Gasteiger partial charge in [0.2, 0.25) is 0 Å². The van der Waals surface area contributed by atoms with Gasteiger partial charge in [0.1, 0.15) is 23.1 Å². The Morgan fingerprint density at radius 2 is 1.78 bits per heavy atom. The molecule has 5 rings (SSSR count). The van der Waals surface area contributed by atoms with E-state index in [0.29, 0.717) is 39.1 Å². The van der Waals surface area contributed by atoms with Crippen molar-refractivity contribution < 1.29 is 19.0 Å². The Labute approximate surface area is 211 Å². The first kappa shape index (κ1) is 23.9. The van der Waals surface area contributed by atoms with Gasteiger partial charge >= 0.3 is 6.03 Å². The van der Waals surface area contributed by atoms with E-state index in [1.807, 2.05) is 53.4 Å². The van der Waals surface area contributed by atoms with E-state index >= 15 is 0 Å². The number of rotatable bonds is 6. The highest BCUT2D eigenvalue weighted by atomic mass is 16.5. The minimum Gasteiger partial charge on any atom is -0.497 e. The zero-order valence-corrected chi connectivity index (χ0v) is 20.7. The molecule has 1 saturated heterocycles. The van der Waals surface area contributed by atoms with Crippen molar-refractivity contribution in [2.75, 3.05) is 57.3 Å². The molecule has 1 fully saturated rings. The lowest BCUT2D eigenvalue weighted by atomic mass is 10.0. The van der Waals surface area contributed by atoms with E-state index in [4.69, 9.17) is 24.2 Å². The number of hydrogen-bond acceptors (Lipinski definition) is 7. The van der Waals surface area contributed by atoms with Gasteiger partial charge in [-0.1, -0.05) is 18.2 Å². The lowest BCUT2D eigenvalue weighted by Crippen LogP contribution is -2.42. The normalized spacial score (nSPS) is 15.3. The number of amides is 2. The van der Waals surface area contributed by atoms with Gasteiger partial charge in [-0.15, -0.1) is 0 Å². The summed E-state index contributed by atoms with van der Waals surface area (Å²) < 4.78 is 16.3. The van der Waals surface area contributed by atoms with Crippen molar-refractivity contribution in [1.29, 1.82) is 0 Å². The summed E-state index contributed by atoms with van der Waals surface area (Å²) >= 11 is 0. The molecule has 0 atom stereocenters. The van der Waals surface area contributed by atoms with E-state index in [1.165, 1.54) is 0 Å². The molecule has 1 N–H and O–H groups in total. The van der Waals surface area contributed by atoms with E-state index < -0.39 is 0 Å². The molecule has 3 heterocycles. The Morgan fingerprint density at radius 3 is 2.53 bits per heavy atom. The molecule has 0 bridgehead atoms. The third kappa shape index (κ3) is 5.21. The van der Waals surface area contributed by atoms with Crippen molar-refractivity contribution in [2.24, 2.45) is 0 Å². The Morgan fingerprint density at radius 1 is 1.00 bits per heavy atom. The number of nitrogens with one attached hydrogen (secondary N) is 1. The summed E-state index contributed by atoms with van der Waals surface area (Å²) in [5, 5.41) is 2.99. The van der Waals surface area contributed by atoms with Gasteiger partial charge < -0.3 is 29.3 Å². The molecule has 9 nitrogen and oxygen atoms in total. The van der Waals surface area contributed by atoms with Crippen LogP contribution in [0.25, 0.3) is 0 Å². The van der Waals surface area contributed by atoms with Crippen LogP contribution in [0.1, 0.15) is 22.6 Å². The molecule has 0 saturated carbocycles. The molecule has 2 aliphatic heterocycles. The highest BCUT2D eigenvalue weighted by Gasteiger charge is 2.28. The second-order valence-corrected chi connectivity index (χ2v) is 8.81. The lowest BCUT2D eigenvalue weighted by Gasteiger charge is -2.34. The van der Waals surface area contributed by atoms with Crippen molar-refractivity contribution in [3.8, 4) is 11.5 Å². The number of urea groups is 1. The van der Waals surface area contributed by atoms with Crippen LogP contribution in [0.15, 0.2) is 48.5 Å². The van der Waals surface area contributed by atoms with Gasteiger partial charge in [-0.25, -0.2) is 14.8 Å². The first-order valence-corrected chi connectivity index (χ1v) is 12.2. The Hall–Kier alpha value is -3.85. The lowest BCUT2D eigenvalue weighted by molar-refractivity contribution is 0.122. The smallest absolute Gasteiger partial charge is 0.322 e. The first-order chi connectivity index (χ1) is 17.6. The fraction of sp³-hybridized carbons (Fsp3) is 0.370. The Bertz CT molecular complexity index is 1210. The van der Waals surface area contributed by atoms with E-state index in [-0.39, 0.29) is 6.03 Å². The second kappa shape index (κ2) is 10.8. The van der Waals surface area contributed by atoms with Gasteiger partial charge in [-0.05, 0) is 30.3 Å². The average Bonchev–Trinajstić information content (AvgIpc) is 2.93. The molecule has 0 spiro atoms. The average molecular weight is 490 g/mol. The number of nitrogens with zero attached hydrogens (tertiary/aromatic N) is 4. The summed E-state index contributed by atoms with van der Waals surface area (Å²) in [5.41, 5.74) is 3.79. The summed E-state index contributed by atoms with van der Waals surface area (Å²) in [6.07, 6.45) is 1.25. The van der Waals surface area contributed by atoms with Crippen LogP contribution in [0.3, 0.4) is 0 Å². The van der Waals surface area contributed by atoms with Gasteiger partial charge in [0, 0.05) is 49.3 Å². The van der Waals surface area contributed by atoms with E-state index in [1.54, 1.807) is 14.2 Å². The van der Waals surface area contributed by atoms with Crippen molar-refractivity contribution in [2.45, 2.75) is 19.4 Å². The molecule has 2 amide bonds. The van der Waals surface area contributed by atoms with Crippen LogP contribution in [-0.4, -0.2) is 68.0 Å². The number of para-hydroxylation sites is 1. The fourth-order valence-electron chi connectivity index (χ4n) is 4.63. The summed E-state index contributed by atoms with van der Waals surface area (Å²) in [7, 11) is 3.30. The summed E-state index contributed by atoms with van der Waals surface area (Å²) in [6, 6.07) is 15.1. The summed E-state index contributed by atoms with van der Waals surface area (Å²) in [4.78, 5) is 27.1. The number of hydrogen-bond donors (Lipinski definition) is 1. The highest BCUT2D eigenvalue weighted by molar-refractivity contribution is 5.89. The van der Waals surface area contributed by atoms with Crippen molar-refractivity contribution in [3.63, 3.8) is 0 Å². The SMILES string of the molecule is COc1ccc(NC(=O)N2CCc3nc(Cc4ccccc4OC)nc(N4CCOCC4)c3C2)cc1. The van der Waals surface area contributed by atoms with Gasteiger partial charge in [0.05, 0.1) is 39.7 Å². The molecule has 2 aliphatic rings. The van der Waals surface area contributed by atoms with Gasteiger partial charge in [0.15, 0.2) is 0 Å². The molecule has 9 heteroatoms. The number of carbonyl (C=O) groups excluding carboxylic acids is 1. The Kier molecular flexibility index (Phi) is 7.18. The standard InChI is InChI=1S/C27H31N5O4/c1-34-21-9-7-20(8-10-21)28-27(33)32-12-11-23-22(18-32)26(31-13-15-36-16-14-31)30-25(29-23)17-19-5-3-4-6-24(19)35-2/h3-10H,11-18H2,1-2H3,(H,28,33). The molecule has 0 radical (unpaired) electrons. The van der Waals surface area contributed by atoms with Crippen LogP contribution in [-0.2, 0) is 24.1 Å². The number of fused-ring (bicyclic) bond motifs is 1. The molecule has 188 valence electrons. The van der Waals surface area contributed by atoms with Crippen LogP contribution in [0.2, 0.25) is 0 Å². The third-order valence-electron chi connectivity index (χ3n) is 6.56. The van der Waals surface area contributed by atoms with Crippen molar-refractivity contribution in [1.82, 2.24) is 14.9 Å². The van der Waals surface area contributed by atoms with Gasteiger partial charge in [0.25, 0.3) is 0 Å². The molecular weight excluding hydrogens is 458 g/mol. The molecule has 36 heavy (non-hydrogen) atoms. The maximum absolute atomic E-state index is 13.1. The van der Waals surface area contributed by atoms with Crippen LogP contribution < -0.4 is 19.7 Å². The minimum absolute atomic E-state index is 0.142. The van der Waals surface area contributed by atoms with Crippen molar-refractivity contribution in [3.05, 3.63) is 71.2 Å². The topological polar surface area (TPSA) is 89.0 Å². The molecule has 3 aromatic rings. The number of morpholine rings is 1.